The Kier molecular flexibility index (Phi) is 3.99. The van der Waals surface area contributed by atoms with Gasteiger partial charge >= 0.3 is 6.03 Å². The number of nitrogens with two attached hydrogens (primary N) is 1. The van der Waals surface area contributed by atoms with Crippen molar-refractivity contribution in [3.05, 3.63) is 18.2 Å². The van der Waals surface area contributed by atoms with Gasteiger partial charge in [0, 0.05) is 30.9 Å². The smallest absolute Gasteiger partial charge is 0.314 e. The zero-order chi connectivity index (χ0) is 13.8. The Balaban J connectivity index is 1.92. The predicted molar refractivity (Wildman–Crippen MR) is 72.5 cm³/mol. The van der Waals surface area contributed by atoms with Crippen LogP contribution in [0.2, 0.25) is 0 Å². The van der Waals surface area contributed by atoms with Crippen molar-refractivity contribution in [1.29, 1.82) is 0 Å². The molecule has 1 aliphatic rings. The number of hydrogen-bond donors (Lipinski definition) is 3. The Morgan fingerprint density at radius 3 is 2.68 bits per heavy atom. The van der Waals surface area contributed by atoms with E-state index in [0.717, 1.165) is 18.5 Å². The van der Waals surface area contributed by atoms with Crippen molar-refractivity contribution in [2.45, 2.75) is 18.9 Å². The molecule has 1 saturated heterocycles. The first-order valence-electron chi connectivity index (χ1n) is 6.28. The van der Waals surface area contributed by atoms with Crippen LogP contribution in [0.5, 0.6) is 11.5 Å². The Morgan fingerprint density at radius 1 is 1.47 bits per heavy atom. The highest BCUT2D eigenvalue weighted by Gasteiger charge is 2.21. The molecule has 6 heteroatoms. The van der Waals surface area contributed by atoms with Crippen molar-refractivity contribution < 1.29 is 14.6 Å². The van der Waals surface area contributed by atoms with Crippen LogP contribution in [-0.4, -0.2) is 42.3 Å². The van der Waals surface area contributed by atoms with E-state index in [4.69, 9.17) is 10.5 Å². The number of ether oxygens (including phenoxy) is 1. The normalized spacial score (nSPS) is 16.2. The quantitative estimate of drug-likeness (QED) is 0.770. The highest BCUT2D eigenvalue weighted by Crippen LogP contribution is 2.29. The number of nitrogens with zero attached hydrogens (tertiary/aromatic N) is 1. The Bertz CT molecular complexity index is 456. The van der Waals surface area contributed by atoms with Gasteiger partial charge in [-0.15, -0.1) is 0 Å². The zero-order valence-corrected chi connectivity index (χ0v) is 10.9. The largest absolute Gasteiger partial charge is 0.504 e. The number of carbonyl (C=O) groups excluding carboxylic acids is 1. The molecule has 0 spiro atoms. The fourth-order valence-corrected chi connectivity index (χ4v) is 2.26. The lowest BCUT2D eigenvalue weighted by Gasteiger charge is -2.31. The third-order valence-corrected chi connectivity index (χ3v) is 3.36. The monoisotopic (exact) mass is 265 g/mol. The van der Waals surface area contributed by atoms with Crippen molar-refractivity contribution >= 4 is 11.7 Å². The SMILES string of the molecule is COc1ccc(NC2CCN(C(N)=O)CC2)cc1O. The number of rotatable bonds is 3. The minimum Gasteiger partial charge on any atom is -0.504 e. The van der Waals surface area contributed by atoms with Gasteiger partial charge in [0.2, 0.25) is 0 Å². The molecule has 1 aromatic rings. The number of aromatic hydroxyl groups is 1. The van der Waals surface area contributed by atoms with E-state index in [1.165, 1.54) is 7.11 Å². The lowest BCUT2D eigenvalue weighted by atomic mass is 10.0. The molecular weight excluding hydrogens is 246 g/mol. The Hall–Kier alpha value is -2.11. The molecule has 1 aromatic carbocycles. The molecule has 6 nitrogen and oxygen atoms in total. The fourth-order valence-electron chi connectivity index (χ4n) is 2.26. The molecular formula is C13H19N3O3. The number of phenolic OH excluding ortho intramolecular Hbond substituents is 1. The Morgan fingerprint density at radius 2 is 2.16 bits per heavy atom. The third-order valence-electron chi connectivity index (χ3n) is 3.36. The van der Waals surface area contributed by atoms with E-state index in [2.05, 4.69) is 5.32 Å². The van der Waals surface area contributed by atoms with Crippen LogP contribution in [0, 0.1) is 0 Å². The highest BCUT2D eigenvalue weighted by molar-refractivity contribution is 5.72. The maximum Gasteiger partial charge on any atom is 0.314 e. The van der Waals surface area contributed by atoms with Gasteiger partial charge in [0.25, 0.3) is 0 Å². The van der Waals surface area contributed by atoms with Gasteiger partial charge in [0.15, 0.2) is 11.5 Å². The summed E-state index contributed by atoms with van der Waals surface area (Å²) < 4.78 is 4.99. The van der Waals surface area contributed by atoms with E-state index < -0.39 is 0 Å². The number of amides is 2. The number of phenols is 1. The lowest BCUT2D eigenvalue weighted by molar-refractivity contribution is 0.193. The average Bonchev–Trinajstić information content (AvgIpc) is 2.39. The molecule has 0 saturated carbocycles. The Labute approximate surface area is 112 Å². The van der Waals surface area contributed by atoms with Crippen LogP contribution in [0.25, 0.3) is 0 Å². The van der Waals surface area contributed by atoms with Crippen molar-refractivity contribution in [2.75, 3.05) is 25.5 Å². The maximum atomic E-state index is 11.0. The molecule has 2 amide bonds. The molecule has 0 atom stereocenters. The van der Waals surface area contributed by atoms with Gasteiger partial charge in [0.1, 0.15) is 0 Å². The molecule has 0 radical (unpaired) electrons. The van der Waals surface area contributed by atoms with Crippen LogP contribution in [0.4, 0.5) is 10.5 Å². The average molecular weight is 265 g/mol. The number of primary amides is 1. The van der Waals surface area contributed by atoms with Crippen molar-refractivity contribution in [2.24, 2.45) is 5.73 Å². The fraction of sp³-hybridized carbons (Fsp3) is 0.462. The number of anilines is 1. The summed E-state index contributed by atoms with van der Waals surface area (Å²) in [5.74, 6) is 0.566. The molecule has 1 fully saturated rings. The summed E-state index contributed by atoms with van der Waals surface area (Å²) in [6.45, 7) is 1.32. The molecule has 0 bridgehead atoms. The number of nitrogens with one attached hydrogen (secondary N) is 1. The van der Waals surface area contributed by atoms with E-state index in [0.29, 0.717) is 18.8 Å². The van der Waals surface area contributed by atoms with Crippen LogP contribution in [0.3, 0.4) is 0 Å². The topological polar surface area (TPSA) is 87.8 Å². The first-order valence-corrected chi connectivity index (χ1v) is 6.28. The number of methoxy groups -OCH3 is 1. The van der Waals surface area contributed by atoms with Gasteiger partial charge < -0.3 is 25.8 Å². The summed E-state index contributed by atoms with van der Waals surface area (Å²) in [5, 5.41) is 13.0. The second-order valence-corrected chi connectivity index (χ2v) is 4.63. The number of urea groups is 1. The molecule has 19 heavy (non-hydrogen) atoms. The number of likely N-dealkylation sites (tertiary alicyclic amines) is 1. The number of benzene rings is 1. The summed E-state index contributed by atoms with van der Waals surface area (Å²) in [7, 11) is 1.52. The minimum absolute atomic E-state index is 0.113. The second-order valence-electron chi connectivity index (χ2n) is 4.63. The molecule has 0 aliphatic carbocycles. The van der Waals surface area contributed by atoms with E-state index >= 15 is 0 Å². The van der Waals surface area contributed by atoms with Crippen LogP contribution >= 0.6 is 0 Å². The molecule has 1 aliphatic heterocycles. The lowest BCUT2D eigenvalue weighted by Crippen LogP contribution is -2.44. The second kappa shape index (κ2) is 5.69. The van der Waals surface area contributed by atoms with E-state index in [1.54, 1.807) is 17.0 Å². The molecule has 0 unspecified atom stereocenters. The van der Waals surface area contributed by atoms with Gasteiger partial charge in [-0.05, 0) is 25.0 Å². The van der Waals surface area contributed by atoms with Gasteiger partial charge in [-0.3, -0.25) is 0 Å². The van der Waals surface area contributed by atoms with E-state index in [-0.39, 0.29) is 17.8 Å². The first-order chi connectivity index (χ1) is 9.10. The van der Waals surface area contributed by atoms with Gasteiger partial charge in [-0.2, -0.15) is 0 Å². The highest BCUT2D eigenvalue weighted by atomic mass is 16.5. The predicted octanol–water partition coefficient (Wildman–Crippen LogP) is 1.36. The third kappa shape index (κ3) is 3.21. The van der Waals surface area contributed by atoms with Crippen LogP contribution < -0.4 is 15.8 Å². The van der Waals surface area contributed by atoms with Crippen LogP contribution in [0.1, 0.15) is 12.8 Å². The molecule has 4 N–H and O–H groups in total. The minimum atomic E-state index is -0.361. The number of carbonyl (C=O) groups is 1. The molecule has 2 rings (SSSR count). The molecule has 1 heterocycles. The summed E-state index contributed by atoms with van der Waals surface area (Å²) in [6, 6.07) is 5.14. The maximum absolute atomic E-state index is 11.0. The first kappa shape index (κ1) is 13.3. The van der Waals surface area contributed by atoms with Crippen molar-refractivity contribution in [3.8, 4) is 11.5 Å². The van der Waals surface area contributed by atoms with Crippen molar-refractivity contribution in [1.82, 2.24) is 4.90 Å². The molecule has 104 valence electrons. The van der Waals surface area contributed by atoms with Gasteiger partial charge in [-0.25, -0.2) is 4.79 Å². The van der Waals surface area contributed by atoms with Crippen LogP contribution in [-0.2, 0) is 0 Å². The van der Waals surface area contributed by atoms with E-state index in [1.807, 2.05) is 6.07 Å². The summed E-state index contributed by atoms with van der Waals surface area (Å²) >= 11 is 0. The zero-order valence-electron chi connectivity index (χ0n) is 10.9. The van der Waals surface area contributed by atoms with Crippen LogP contribution in [0.15, 0.2) is 18.2 Å². The summed E-state index contributed by atoms with van der Waals surface area (Å²) in [6.07, 6.45) is 1.69. The van der Waals surface area contributed by atoms with Crippen molar-refractivity contribution in [3.63, 3.8) is 0 Å². The molecule has 0 aromatic heterocycles. The summed E-state index contributed by atoms with van der Waals surface area (Å²) in [5.41, 5.74) is 6.08. The van der Waals surface area contributed by atoms with E-state index in [9.17, 15) is 9.90 Å². The number of piperidine rings is 1. The van der Waals surface area contributed by atoms with Gasteiger partial charge in [-0.1, -0.05) is 0 Å². The number of hydrogen-bond acceptors (Lipinski definition) is 4. The standard InChI is InChI=1S/C13H19N3O3/c1-19-12-3-2-10(8-11(12)17)15-9-4-6-16(7-5-9)13(14)18/h2-3,8-9,15,17H,4-7H2,1H3,(H2,14,18). The summed E-state index contributed by atoms with van der Waals surface area (Å²) in [4.78, 5) is 12.7. The van der Waals surface area contributed by atoms with Gasteiger partial charge in [0.05, 0.1) is 7.11 Å².